The van der Waals surface area contributed by atoms with Crippen molar-refractivity contribution in [2.24, 2.45) is 0 Å². The Balaban J connectivity index is 2.25. The Kier molecular flexibility index (Phi) is 4.30. The Bertz CT molecular complexity index is 626. The van der Waals surface area contributed by atoms with E-state index in [4.69, 9.17) is 9.84 Å². The maximum Gasteiger partial charge on any atom is 0.354 e. The van der Waals surface area contributed by atoms with Crippen LogP contribution >= 0.6 is 0 Å². The van der Waals surface area contributed by atoms with Crippen LogP contribution < -0.4 is 4.74 Å². The van der Waals surface area contributed by atoms with Crippen LogP contribution in [0.1, 0.15) is 34.4 Å². The highest BCUT2D eigenvalue weighted by molar-refractivity contribution is 5.85. The zero-order valence-corrected chi connectivity index (χ0v) is 11.5. The van der Waals surface area contributed by atoms with Crippen LogP contribution in [0, 0.1) is 0 Å². The number of aromatic nitrogens is 2. The van der Waals surface area contributed by atoms with Crippen LogP contribution in [-0.2, 0) is 12.8 Å². The number of aromatic carboxylic acids is 1. The third-order valence-electron chi connectivity index (χ3n) is 3.01. The van der Waals surface area contributed by atoms with Crippen molar-refractivity contribution in [2.45, 2.75) is 19.8 Å². The number of aryl methyl sites for hydroxylation is 1. The molecule has 0 aliphatic carbocycles. The van der Waals surface area contributed by atoms with Crippen LogP contribution in [0.3, 0.4) is 0 Å². The van der Waals surface area contributed by atoms with Crippen molar-refractivity contribution in [3.63, 3.8) is 0 Å². The maximum atomic E-state index is 10.9. The summed E-state index contributed by atoms with van der Waals surface area (Å²) in [6.07, 6.45) is 2.83. The molecule has 0 unspecified atom stereocenters. The third-order valence-corrected chi connectivity index (χ3v) is 3.01. The molecule has 1 aromatic heterocycles. The molecule has 0 aliphatic heterocycles. The molecule has 0 bridgehead atoms. The highest BCUT2D eigenvalue weighted by Gasteiger charge is 2.08. The maximum absolute atomic E-state index is 10.9. The van der Waals surface area contributed by atoms with Gasteiger partial charge in [-0.1, -0.05) is 19.1 Å². The van der Waals surface area contributed by atoms with Crippen LogP contribution in [0.5, 0.6) is 5.75 Å². The minimum atomic E-state index is -1.04. The van der Waals surface area contributed by atoms with Gasteiger partial charge in [0.25, 0.3) is 0 Å². The number of carbonyl (C=O) groups is 1. The number of hydrogen-bond acceptors (Lipinski definition) is 4. The van der Waals surface area contributed by atoms with Crippen molar-refractivity contribution in [3.8, 4) is 5.75 Å². The normalized spacial score (nSPS) is 10.3. The summed E-state index contributed by atoms with van der Waals surface area (Å²) in [5.41, 5.74) is 2.16. The molecule has 0 radical (unpaired) electrons. The van der Waals surface area contributed by atoms with Gasteiger partial charge in [0.05, 0.1) is 7.11 Å². The van der Waals surface area contributed by atoms with E-state index in [2.05, 4.69) is 16.9 Å². The monoisotopic (exact) mass is 272 g/mol. The van der Waals surface area contributed by atoms with Crippen LogP contribution in [0.2, 0.25) is 0 Å². The number of carboxylic acid groups (broad SMARTS) is 1. The van der Waals surface area contributed by atoms with Gasteiger partial charge in [-0.15, -0.1) is 0 Å². The highest BCUT2D eigenvalue weighted by Crippen LogP contribution is 2.21. The van der Waals surface area contributed by atoms with E-state index in [9.17, 15) is 4.79 Å². The minimum Gasteiger partial charge on any atom is -0.496 e. The van der Waals surface area contributed by atoms with Gasteiger partial charge in [0.2, 0.25) is 0 Å². The minimum absolute atomic E-state index is 0.0132. The Hall–Kier alpha value is -2.43. The lowest BCUT2D eigenvalue weighted by atomic mass is 10.0. The number of rotatable bonds is 5. The van der Waals surface area contributed by atoms with E-state index >= 15 is 0 Å². The fourth-order valence-electron chi connectivity index (χ4n) is 2.00. The van der Waals surface area contributed by atoms with Gasteiger partial charge in [0.1, 0.15) is 11.6 Å². The molecule has 2 rings (SSSR count). The van der Waals surface area contributed by atoms with E-state index in [1.54, 1.807) is 7.11 Å². The first kappa shape index (κ1) is 14.0. The summed E-state index contributed by atoms with van der Waals surface area (Å²) in [6.45, 7) is 2.06. The zero-order chi connectivity index (χ0) is 14.5. The molecule has 2 aromatic rings. The number of ether oxygens (including phenoxy) is 1. The lowest BCUT2D eigenvalue weighted by molar-refractivity contribution is 0.0690. The molecule has 1 heterocycles. The van der Waals surface area contributed by atoms with Gasteiger partial charge < -0.3 is 9.84 Å². The SMILES string of the molecule is CCc1cc(Cc2nccc(C(=O)O)n2)ccc1OC. The summed E-state index contributed by atoms with van der Waals surface area (Å²) >= 11 is 0. The molecule has 0 amide bonds. The second-order valence-electron chi connectivity index (χ2n) is 4.34. The third kappa shape index (κ3) is 3.12. The van der Waals surface area contributed by atoms with Gasteiger partial charge >= 0.3 is 5.97 Å². The van der Waals surface area contributed by atoms with Gasteiger partial charge in [-0.05, 0) is 29.7 Å². The van der Waals surface area contributed by atoms with Crippen LogP contribution in [0.25, 0.3) is 0 Å². The van der Waals surface area contributed by atoms with E-state index in [0.29, 0.717) is 12.2 Å². The highest BCUT2D eigenvalue weighted by atomic mass is 16.5. The largest absolute Gasteiger partial charge is 0.496 e. The average Bonchev–Trinajstić information content (AvgIpc) is 2.47. The van der Waals surface area contributed by atoms with Crippen LogP contribution in [0.4, 0.5) is 0 Å². The molecule has 0 atom stereocenters. The Morgan fingerprint density at radius 1 is 1.35 bits per heavy atom. The molecule has 5 nitrogen and oxygen atoms in total. The number of carboxylic acids is 1. The van der Waals surface area contributed by atoms with Crippen molar-refractivity contribution in [1.82, 2.24) is 9.97 Å². The van der Waals surface area contributed by atoms with Crippen molar-refractivity contribution >= 4 is 5.97 Å². The second-order valence-corrected chi connectivity index (χ2v) is 4.34. The van der Waals surface area contributed by atoms with Gasteiger partial charge in [0.15, 0.2) is 5.69 Å². The first-order valence-electron chi connectivity index (χ1n) is 6.35. The second kappa shape index (κ2) is 6.14. The standard InChI is InChI=1S/C15H16N2O3/c1-3-11-8-10(4-5-13(11)20-2)9-14-16-7-6-12(17-14)15(18)19/h4-8H,3,9H2,1-2H3,(H,18,19). The van der Waals surface area contributed by atoms with E-state index in [1.807, 2.05) is 18.2 Å². The summed E-state index contributed by atoms with van der Waals surface area (Å²) in [7, 11) is 1.65. The molecule has 0 saturated heterocycles. The summed E-state index contributed by atoms with van der Waals surface area (Å²) in [4.78, 5) is 19.0. The van der Waals surface area contributed by atoms with E-state index in [-0.39, 0.29) is 5.69 Å². The van der Waals surface area contributed by atoms with Gasteiger partial charge in [-0.2, -0.15) is 0 Å². The van der Waals surface area contributed by atoms with Crippen molar-refractivity contribution in [1.29, 1.82) is 0 Å². The van der Waals surface area contributed by atoms with Gasteiger partial charge in [-0.3, -0.25) is 0 Å². The van der Waals surface area contributed by atoms with Crippen LogP contribution in [0.15, 0.2) is 30.5 Å². The lowest BCUT2D eigenvalue weighted by Gasteiger charge is -2.09. The molecular weight excluding hydrogens is 256 g/mol. The van der Waals surface area contributed by atoms with Gasteiger partial charge in [0, 0.05) is 12.6 Å². The quantitative estimate of drug-likeness (QED) is 0.904. The Labute approximate surface area is 117 Å². The first-order valence-corrected chi connectivity index (χ1v) is 6.35. The number of methoxy groups -OCH3 is 1. The number of nitrogens with zero attached hydrogens (tertiary/aromatic N) is 2. The molecule has 5 heteroatoms. The fourth-order valence-corrected chi connectivity index (χ4v) is 2.00. The average molecular weight is 272 g/mol. The lowest BCUT2D eigenvalue weighted by Crippen LogP contribution is -2.05. The topological polar surface area (TPSA) is 72.3 Å². The van der Waals surface area contributed by atoms with Gasteiger partial charge in [-0.25, -0.2) is 14.8 Å². The molecule has 104 valence electrons. The Morgan fingerprint density at radius 3 is 2.80 bits per heavy atom. The molecule has 0 saturated carbocycles. The number of benzene rings is 1. The summed E-state index contributed by atoms with van der Waals surface area (Å²) < 4.78 is 5.28. The van der Waals surface area contributed by atoms with Crippen molar-refractivity contribution in [2.75, 3.05) is 7.11 Å². The van der Waals surface area contributed by atoms with Crippen molar-refractivity contribution in [3.05, 3.63) is 53.1 Å². The Morgan fingerprint density at radius 2 is 2.15 bits per heavy atom. The molecule has 1 N–H and O–H groups in total. The van der Waals surface area contributed by atoms with Crippen LogP contribution in [-0.4, -0.2) is 28.2 Å². The smallest absolute Gasteiger partial charge is 0.354 e. The molecule has 20 heavy (non-hydrogen) atoms. The molecule has 0 aliphatic rings. The van der Waals surface area contributed by atoms with E-state index in [0.717, 1.165) is 23.3 Å². The van der Waals surface area contributed by atoms with Crippen molar-refractivity contribution < 1.29 is 14.6 Å². The molecule has 0 spiro atoms. The molecule has 1 aromatic carbocycles. The molecular formula is C15H16N2O3. The predicted molar refractivity (Wildman–Crippen MR) is 74.2 cm³/mol. The molecule has 0 fully saturated rings. The fraction of sp³-hybridized carbons (Fsp3) is 0.267. The zero-order valence-electron chi connectivity index (χ0n) is 11.5. The van der Waals surface area contributed by atoms with E-state index in [1.165, 1.54) is 12.3 Å². The summed E-state index contributed by atoms with van der Waals surface area (Å²) in [6, 6.07) is 7.27. The van der Waals surface area contributed by atoms with E-state index < -0.39 is 5.97 Å². The first-order chi connectivity index (χ1) is 9.63. The number of hydrogen-bond donors (Lipinski definition) is 1. The summed E-state index contributed by atoms with van der Waals surface area (Å²) in [5, 5.41) is 8.92. The predicted octanol–water partition coefficient (Wildman–Crippen LogP) is 2.34. The summed E-state index contributed by atoms with van der Waals surface area (Å²) in [5.74, 6) is 0.311.